The average Bonchev–Trinajstić information content (AvgIpc) is 3.32. The number of aryl methyl sites for hydroxylation is 1. The molecule has 0 radical (unpaired) electrons. The molecule has 6 rings (SSSR count). The van der Waals surface area contributed by atoms with Crippen LogP contribution in [0.5, 0.6) is 0 Å². The first-order valence-corrected chi connectivity index (χ1v) is 12.6. The first-order valence-electron chi connectivity index (χ1n) is 12.6. The van der Waals surface area contributed by atoms with Crippen LogP contribution in [0, 0.1) is 18.8 Å². The Bertz CT molecular complexity index is 2000. The van der Waals surface area contributed by atoms with Crippen molar-refractivity contribution >= 4 is 22.5 Å². The Kier molecular flexibility index (Phi) is 6.34. The number of nitrogens with zero attached hydrogens (tertiary/aromatic N) is 6. The molecule has 9 nitrogen and oxygen atoms in total. The highest BCUT2D eigenvalue weighted by molar-refractivity contribution is 6.01. The molecule has 0 spiro atoms. The molecule has 0 bridgehead atoms. The van der Waals surface area contributed by atoms with Crippen LogP contribution < -0.4 is 10.9 Å². The fourth-order valence-electron chi connectivity index (χ4n) is 4.64. The van der Waals surface area contributed by atoms with Crippen molar-refractivity contribution in [3.8, 4) is 17.5 Å². The number of para-hydroxylation sites is 1. The highest BCUT2D eigenvalue weighted by atomic mass is 16.2. The van der Waals surface area contributed by atoms with Gasteiger partial charge in [0.25, 0.3) is 11.5 Å². The van der Waals surface area contributed by atoms with Gasteiger partial charge >= 0.3 is 0 Å². The van der Waals surface area contributed by atoms with E-state index >= 15 is 0 Å². The molecule has 0 aliphatic carbocycles. The van der Waals surface area contributed by atoms with Crippen molar-refractivity contribution in [2.45, 2.75) is 19.9 Å². The zero-order chi connectivity index (χ0) is 27.6. The third-order valence-electron chi connectivity index (χ3n) is 6.47. The van der Waals surface area contributed by atoms with Crippen molar-refractivity contribution in [1.29, 1.82) is 0 Å². The van der Waals surface area contributed by atoms with E-state index in [1.165, 1.54) is 4.57 Å². The lowest BCUT2D eigenvalue weighted by Gasteiger charge is -2.20. The van der Waals surface area contributed by atoms with Gasteiger partial charge in [-0.1, -0.05) is 36.1 Å². The van der Waals surface area contributed by atoms with E-state index in [1.54, 1.807) is 61.3 Å². The fourth-order valence-corrected chi connectivity index (χ4v) is 4.64. The number of hydrogen-bond acceptors (Lipinski definition) is 6. The smallest absolute Gasteiger partial charge is 0.267 e. The average molecular weight is 526 g/mol. The van der Waals surface area contributed by atoms with Crippen molar-refractivity contribution in [2.24, 2.45) is 0 Å². The number of benzene rings is 2. The zero-order valence-corrected chi connectivity index (χ0v) is 21.7. The maximum Gasteiger partial charge on any atom is 0.267 e. The van der Waals surface area contributed by atoms with E-state index < -0.39 is 6.04 Å². The van der Waals surface area contributed by atoms with E-state index in [-0.39, 0.29) is 11.5 Å². The number of pyridine rings is 1. The first-order chi connectivity index (χ1) is 19.5. The highest BCUT2D eigenvalue weighted by Gasteiger charge is 2.24. The molecule has 4 heterocycles. The van der Waals surface area contributed by atoms with Gasteiger partial charge in [-0.2, -0.15) is 5.10 Å². The van der Waals surface area contributed by atoms with E-state index in [4.69, 9.17) is 4.98 Å². The van der Waals surface area contributed by atoms with E-state index in [9.17, 15) is 9.59 Å². The minimum Gasteiger partial charge on any atom is -0.342 e. The summed E-state index contributed by atoms with van der Waals surface area (Å²) in [4.78, 5) is 40.9. The van der Waals surface area contributed by atoms with Crippen molar-refractivity contribution in [2.75, 3.05) is 0 Å². The number of nitrogens with one attached hydrogen (secondary N) is 1. The number of carbonyl (C=O) groups is 1. The van der Waals surface area contributed by atoms with Gasteiger partial charge in [-0.3, -0.25) is 19.1 Å². The summed E-state index contributed by atoms with van der Waals surface area (Å²) >= 11 is 0. The largest absolute Gasteiger partial charge is 0.342 e. The predicted octanol–water partition coefficient (Wildman–Crippen LogP) is 4.02. The second kappa shape index (κ2) is 10.3. The fraction of sp³-hybridized carbons (Fsp3) is 0.0968. The van der Waals surface area contributed by atoms with E-state index in [0.29, 0.717) is 44.9 Å². The van der Waals surface area contributed by atoms with Crippen molar-refractivity contribution < 1.29 is 4.79 Å². The molecule has 0 unspecified atom stereocenters. The molecule has 194 valence electrons. The Hall–Kier alpha value is -5.62. The maximum atomic E-state index is 14.1. The lowest BCUT2D eigenvalue weighted by molar-refractivity contribution is 0.0938. The molecule has 1 amide bonds. The summed E-state index contributed by atoms with van der Waals surface area (Å²) in [5.41, 5.74) is 3.50. The Morgan fingerprint density at radius 1 is 0.975 bits per heavy atom. The number of aromatic nitrogens is 6. The van der Waals surface area contributed by atoms with Crippen LogP contribution in [0.4, 0.5) is 0 Å². The topological polar surface area (TPSA) is 107 Å². The van der Waals surface area contributed by atoms with Gasteiger partial charge in [-0.25, -0.2) is 14.5 Å². The van der Waals surface area contributed by atoms with Gasteiger partial charge < -0.3 is 5.32 Å². The lowest BCUT2D eigenvalue weighted by Crippen LogP contribution is -2.33. The van der Waals surface area contributed by atoms with E-state index in [1.807, 2.05) is 48.5 Å². The number of fused-ring (bicyclic) bond motifs is 2. The molecule has 2 aromatic carbocycles. The molecule has 0 aliphatic heterocycles. The summed E-state index contributed by atoms with van der Waals surface area (Å²) < 4.78 is 3.10. The molecular weight excluding hydrogens is 502 g/mol. The van der Waals surface area contributed by atoms with Crippen LogP contribution in [0.25, 0.3) is 22.2 Å². The summed E-state index contributed by atoms with van der Waals surface area (Å²) in [6, 6.07) is 19.4. The Morgan fingerprint density at radius 3 is 2.62 bits per heavy atom. The van der Waals surface area contributed by atoms with Crippen molar-refractivity contribution in [3.63, 3.8) is 0 Å². The molecule has 0 fully saturated rings. The van der Waals surface area contributed by atoms with E-state index in [2.05, 4.69) is 32.2 Å². The van der Waals surface area contributed by atoms with Crippen LogP contribution >= 0.6 is 0 Å². The van der Waals surface area contributed by atoms with Crippen LogP contribution in [-0.2, 0) is 0 Å². The van der Waals surface area contributed by atoms with Crippen LogP contribution in [0.1, 0.15) is 46.0 Å². The van der Waals surface area contributed by atoms with Crippen LogP contribution in [0.2, 0.25) is 0 Å². The Balaban J connectivity index is 1.48. The summed E-state index contributed by atoms with van der Waals surface area (Å²) in [5, 5.41) is 7.79. The van der Waals surface area contributed by atoms with E-state index in [0.717, 1.165) is 5.56 Å². The normalized spacial score (nSPS) is 11.7. The molecule has 40 heavy (non-hydrogen) atoms. The van der Waals surface area contributed by atoms with Gasteiger partial charge in [0.05, 0.1) is 28.3 Å². The standard InChI is InChI=1S/C31H23N7O2/c1-20-26(29-33-17-8-18-37(29)36-20)30(39)34-21(2)28-35-25-13-6-10-23(15-14-22-9-7-16-32-19-22)27(25)31(40)38(28)24-11-4-3-5-12-24/h3-13,16-19,21H,1-2H3,(H,34,39)/t21-/m0/s1. The van der Waals surface area contributed by atoms with Gasteiger partial charge in [0, 0.05) is 35.9 Å². The van der Waals surface area contributed by atoms with Crippen LogP contribution in [0.15, 0.2) is 96.3 Å². The van der Waals surface area contributed by atoms with Gasteiger partial charge in [0.15, 0.2) is 5.65 Å². The van der Waals surface area contributed by atoms with Gasteiger partial charge in [0.2, 0.25) is 0 Å². The van der Waals surface area contributed by atoms with Gasteiger partial charge in [-0.05, 0) is 56.3 Å². The SMILES string of the molecule is Cc1nn2cccnc2c1C(=O)N[C@@H](C)c1nc2cccc(C#Cc3cccnc3)c2c(=O)n1-c1ccccc1. The quantitative estimate of drug-likeness (QED) is 0.349. The zero-order valence-electron chi connectivity index (χ0n) is 21.7. The Labute approximate surface area is 229 Å². The predicted molar refractivity (Wildman–Crippen MR) is 151 cm³/mol. The minimum atomic E-state index is -0.631. The molecule has 4 aromatic heterocycles. The molecule has 0 saturated carbocycles. The Morgan fingerprint density at radius 2 is 1.82 bits per heavy atom. The van der Waals surface area contributed by atoms with Crippen LogP contribution in [-0.4, -0.2) is 35.0 Å². The third-order valence-corrected chi connectivity index (χ3v) is 6.47. The lowest BCUT2D eigenvalue weighted by atomic mass is 10.1. The molecule has 1 N–H and O–H groups in total. The highest BCUT2D eigenvalue weighted by Crippen LogP contribution is 2.21. The molecule has 1 atom stereocenters. The molecule has 0 aliphatic rings. The number of rotatable bonds is 4. The number of hydrogen-bond donors (Lipinski definition) is 1. The third kappa shape index (κ3) is 4.48. The molecular formula is C31H23N7O2. The second-order valence-corrected chi connectivity index (χ2v) is 9.18. The summed E-state index contributed by atoms with van der Waals surface area (Å²) in [6.07, 6.45) is 6.70. The monoisotopic (exact) mass is 525 g/mol. The summed E-state index contributed by atoms with van der Waals surface area (Å²) in [5.74, 6) is 6.22. The van der Waals surface area contributed by atoms with Crippen LogP contribution in [0.3, 0.4) is 0 Å². The second-order valence-electron chi connectivity index (χ2n) is 9.18. The maximum absolute atomic E-state index is 14.1. The summed E-state index contributed by atoms with van der Waals surface area (Å²) in [6.45, 7) is 3.56. The first kappa shape index (κ1) is 24.7. The number of amides is 1. The molecule has 6 aromatic rings. The minimum absolute atomic E-state index is 0.280. The number of carbonyl (C=O) groups excluding carboxylic acids is 1. The van der Waals surface area contributed by atoms with Crippen molar-refractivity contribution in [1.82, 2.24) is 34.4 Å². The van der Waals surface area contributed by atoms with Gasteiger partial charge in [0.1, 0.15) is 11.4 Å². The van der Waals surface area contributed by atoms with Gasteiger partial charge in [-0.15, -0.1) is 0 Å². The summed E-state index contributed by atoms with van der Waals surface area (Å²) in [7, 11) is 0. The van der Waals surface area contributed by atoms with Crippen molar-refractivity contribution in [3.05, 3.63) is 130 Å². The molecule has 9 heteroatoms. The molecule has 0 saturated heterocycles.